The fourth-order valence-electron chi connectivity index (χ4n) is 1.48. The molecule has 0 N–H and O–H groups in total. The molecule has 0 aliphatic carbocycles. The molecule has 0 saturated heterocycles. The van der Waals surface area contributed by atoms with Gasteiger partial charge in [0.1, 0.15) is 0 Å². The van der Waals surface area contributed by atoms with Gasteiger partial charge in [-0.05, 0) is 6.92 Å². The Balaban J connectivity index is 3.25. The van der Waals surface area contributed by atoms with Crippen LogP contribution in [-0.2, 0) is 4.74 Å². The smallest absolute Gasteiger partial charge is 0.367 e. The van der Waals surface area contributed by atoms with Crippen LogP contribution in [0.3, 0.4) is 0 Å². The summed E-state index contributed by atoms with van der Waals surface area (Å²) in [5.74, 6) is -0.415. The maximum atomic E-state index is 12.6. The number of methoxy groups -OCH3 is 1. The number of alkyl halides is 3. The summed E-state index contributed by atoms with van der Waals surface area (Å²) in [4.78, 5) is 11.2. The van der Waals surface area contributed by atoms with Crippen LogP contribution >= 0.6 is 0 Å². The van der Waals surface area contributed by atoms with E-state index >= 15 is 0 Å². The first-order valence-corrected chi connectivity index (χ1v) is 4.57. The van der Waals surface area contributed by atoms with Crippen molar-refractivity contribution < 1.29 is 22.7 Å². The van der Waals surface area contributed by atoms with Gasteiger partial charge in [-0.3, -0.25) is 4.79 Å². The van der Waals surface area contributed by atoms with Gasteiger partial charge in [0.05, 0.1) is 0 Å². The minimum absolute atomic E-state index is 0.0340. The average Bonchev–Trinajstić information content (AvgIpc) is 2.17. The van der Waals surface area contributed by atoms with Crippen molar-refractivity contribution in [2.24, 2.45) is 0 Å². The van der Waals surface area contributed by atoms with Crippen molar-refractivity contribution in [3.63, 3.8) is 0 Å². The van der Waals surface area contributed by atoms with E-state index in [2.05, 4.69) is 4.74 Å². The zero-order valence-electron chi connectivity index (χ0n) is 8.84. The Hall–Kier alpha value is -1.36. The molecular formula is C11H11F3O2. The summed E-state index contributed by atoms with van der Waals surface area (Å²) in [5.41, 5.74) is -0.114. The monoisotopic (exact) mass is 232 g/mol. The van der Waals surface area contributed by atoms with Gasteiger partial charge in [0, 0.05) is 18.2 Å². The fourth-order valence-corrected chi connectivity index (χ4v) is 1.48. The summed E-state index contributed by atoms with van der Waals surface area (Å²) in [6.45, 7) is 1.22. The molecule has 1 aromatic rings. The molecule has 2 nitrogen and oxygen atoms in total. The van der Waals surface area contributed by atoms with Gasteiger partial charge < -0.3 is 4.74 Å². The molecule has 1 rings (SSSR count). The Morgan fingerprint density at radius 1 is 1.31 bits per heavy atom. The zero-order chi connectivity index (χ0) is 12.3. The van der Waals surface area contributed by atoms with Crippen LogP contribution in [0.2, 0.25) is 0 Å². The molecule has 0 bridgehead atoms. The van der Waals surface area contributed by atoms with Crippen LogP contribution in [0.4, 0.5) is 13.2 Å². The van der Waals surface area contributed by atoms with Crippen LogP contribution < -0.4 is 0 Å². The minimum Gasteiger partial charge on any atom is -0.367 e. The van der Waals surface area contributed by atoms with Crippen molar-refractivity contribution in [2.75, 3.05) is 7.11 Å². The van der Waals surface area contributed by atoms with Crippen molar-refractivity contribution in [1.82, 2.24) is 0 Å². The van der Waals surface area contributed by atoms with Crippen molar-refractivity contribution in [3.05, 3.63) is 35.4 Å². The molecule has 0 spiro atoms. The summed E-state index contributed by atoms with van der Waals surface area (Å²) in [7, 11) is 0.967. The number of hydrogen-bond acceptors (Lipinski definition) is 2. The second-order valence-electron chi connectivity index (χ2n) is 3.30. The Kier molecular flexibility index (Phi) is 3.70. The van der Waals surface area contributed by atoms with Gasteiger partial charge >= 0.3 is 6.18 Å². The van der Waals surface area contributed by atoms with Crippen molar-refractivity contribution in [1.29, 1.82) is 0 Å². The molecule has 0 radical (unpaired) electrons. The lowest BCUT2D eigenvalue weighted by molar-refractivity contribution is -0.216. The van der Waals surface area contributed by atoms with E-state index in [1.54, 1.807) is 0 Å². The largest absolute Gasteiger partial charge is 0.418 e. The lowest BCUT2D eigenvalue weighted by atomic mass is 9.99. The third-order valence-electron chi connectivity index (χ3n) is 2.16. The van der Waals surface area contributed by atoms with Crippen LogP contribution in [0, 0.1) is 0 Å². The predicted molar refractivity (Wildman–Crippen MR) is 52.3 cm³/mol. The third-order valence-corrected chi connectivity index (χ3v) is 2.16. The van der Waals surface area contributed by atoms with E-state index in [-0.39, 0.29) is 11.1 Å². The summed E-state index contributed by atoms with van der Waals surface area (Å²) in [6.07, 6.45) is -6.59. The molecule has 0 aliphatic rings. The highest BCUT2D eigenvalue weighted by Crippen LogP contribution is 2.36. The summed E-state index contributed by atoms with van der Waals surface area (Å²) in [5, 5.41) is 0. The van der Waals surface area contributed by atoms with Crippen LogP contribution in [0.5, 0.6) is 0 Å². The van der Waals surface area contributed by atoms with Gasteiger partial charge in [0.25, 0.3) is 0 Å². The highest BCUT2D eigenvalue weighted by atomic mass is 19.4. The predicted octanol–water partition coefficient (Wildman–Crippen LogP) is 3.14. The highest BCUT2D eigenvalue weighted by Gasteiger charge is 2.42. The number of benzene rings is 1. The summed E-state index contributed by atoms with van der Waals surface area (Å²) >= 11 is 0. The van der Waals surface area contributed by atoms with E-state index in [0.29, 0.717) is 0 Å². The Morgan fingerprint density at radius 3 is 2.31 bits per heavy atom. The molecule has 0 aromatic heterocycles. The van der Waals surface area contributed by atoms with E-state index in [9.17, 15) is 18.0 Å². The van der Waals surface area contributed by atoms with Crippen LogP contribution in [0.1, 0.15) is 28.9 Å². The number of carbonyl (C=O) groups excluding carboxylic acids is 1. The molecule has 0 heterocycles. The summed E-state index contributed by atoms with van der Waals surface area (Å²) < 4.78 is 42.3. The van der Waals surface area contributed by atoms with Crippen molar-refractivity contribution in [3.8, 4) is 0 Å². The van der Waals surface area contributed by atoms with Gasteiger partial charge in [-0.25, -0.2) is 0 Å². The lowest BCUT2D eigenvalue weighted by Gasteiger charge is -2.20. The SMILES string of the molecule is COC(c1ccccc1C(C)=O)C(F)(F)F. The molecule has 5 heteroatoms. The van der Waals surface area contributed by atoms with E-state index in [0.717, 1.165) is 7.11 Å². The second-order valence-corrected chi connectivity index (χ2v) is 3.30. The minimum atomic E-state index is -4.53. The lowest BCUT2D eigenvalue weighted by Crippen LogP contribution is -2.24. The topological polar surface area (TPSA) is 26.3 Å². The standard InChI is InChI=1S/C11H11F3O2/c1-7(15)8-5-3-4-6-9(8)10(16-2)11(12,13)14/h3-6,10H,1-2H3. The molecule has 1 unspecified atom stereocenters. The number of ether oxygens (including phenoxy) is 1. The number of carbonyl (C=O) groups is 1. The highest BCUT2D eigenvalue weighted by molar-refractivity contribution is 5.95. The third kappa shape index (κ3) is 2.61. The number of rotatable bonds is 3. The number of Topliss-reactive ketones (excluding diaryl/α,β-unsaturated/α-hetero) is 1. The van der Waals surface area contributed by atoms with E-state index in [1.165, 1.54) is 31.2 Å². The number of halogens is 3. The second kappa shape index (κ2) is 4.65. The normalized spacial score (nSPS) is 13.6. The van der Waals surface area contributed by atoms with Gasteiger partial charge in [-0.2, -0.15) is 13.2 Å². The number of hydrogen-bond donors (Lipinski definition) is 0. The number of ketones is 1. The molecule has 0 aliphatic heterocycles. The quantitative estimate of drug-likeness (QED) is 0.748. The molecule has 88 valence electrons. The van der Waals surface area contributed by atoms with E-state index in [4.69, 9.17) is 0 Å². The Morgan fingerprint density at radius 2 is 1.88 bits per heavy atom. The molecule has 0 fully saturated rings. The summed E-state index contributed by atoms with van der Waals surface area (Å²) in [6, 6.07) is 5.57. The van der Waals surface area contributed by atoms with E-state index in [1.807, 2.05) is 0 Å². The van der Waals surface area contributed by atoms with Crippen molar-refractivity contribution >= 4 is 5.78 Å². The van der Waals surface area contributed by atoms with E-state index < -0.39 is 18.1 Å². The van der Waals surface area contributed by atoms with Gasteiger partial charge in [0.15, 0.2) is 11.9 Å². The Bertz CT molecular complexity index is 385. The Labute approximate surface area is 91.0 Å². The van der Waals surface area contributed by atoms with Gasteiger partial charge in [0.2, 0.25) is 0 Å². The molecule has 1 atom stereocenters. The molecule has 1 aromatic carbocycles. The maximum Gasteiger partial charge on any atom is 0.418 e. The van der Waals surface area contributed by atoms with Crippen LogP contribution in [0.15, 0.2) is 24.3 Å². The molecule has 16 heavy (non-hydrogen) atoms. The van der Waals surface area contributed by atoms with Crippen molar-refractivity contribution in [2.45, 2.75) is 19.2 Å². The van der Waals surface area contributed by atoms with Crippen LogP contribution in [0.25, 0.3) is 0 Å². The maximum absolute atomic E-state index is 12.6. The van der Waals surface area contributed by atoms with Gasteiger partial charge in [-0.1, -0.05) is 24.3 Å². The molecular weight excluding hydrogens is 221 g/mol. The first kappa shape index (κ1) is 12.7. The first-order valence-electron chi connectivity index (χ1n) is 4.57. The molecule has 0 saturated carbocycles. The fraction of sp³-hybridized carbons (Fsp3) is 0.364. The van der Waals surface area contributed by atoms with Gasteiger partial charge in [-0.15, -0.1) is 0 Å². The zero-order valence-corrected chi connectivity index (χ0v) is 8.84. The molecule has 0 amide bonds. The first-order chi connectivity index (χ1) is 7.38. The average molecular weight is 232 g/mol. The van der Waals surface area contributed by atoms with Crippen LogP contribution in [-0.4, -0.2) is 19.1 Å².